The molecule has 0 saturated carbocycles. The summed E-state index contributed by atoms with van der Waals surface area (Å²) in [7, 11) is 1.38. The summed E-state index contributed by atoms with van der Waals surface area (Å²) in [6.07, 6.45) is -0.494. The standard InChI is InChI=1S/C13H19NO6/c1-4-18-13(19-5-2)9-20-10-6-7-12(17-3)11(8-10)14(15)16/h6-8,13H,4-5,9H2,1-3H3. The number of nitro benzene ring substituents is 1. The van der Waals surface area contributed by atoms with Crippen molar-refractivity contribution < 1.29 is 23.9 Å². The molecular formula is C13H19NO6. The van der Waals surface area contributed by atoms with E-state index < -0.39 is 11.2 Å². The third-order valence-electron chi connectivity index (χ3n) is 2.44. The van der Waals surface area contributed by atoms with Crippen LogP contribution in [-0.2, 0) is 9.47 Å². The van der Waals surface area contributed by atoms with E-state index in [1.54, 1.807) is 6.07 Å². The Labute approximate surface area is 117 Å². The number of methoxy groups -OCH3 is 1. The molecule has 0 saturated heterocycles. The molecule has 1 rings (SSSR count). The second-order valence-corrected chi connectivity index (χ2v) is 3.74. The van der Waals surface area contributed by atoms with Gasteiger partial charge < -0.3 is 18.9 Å². The molecule has 112 valence electrons. The molecule has 0 atom stereocenters. The van der Waals surface area contributed by atoms with Crippen molar-refractivity contribution in [2.45, 2.75) is 20.1 Å². The maximum Gasteiger partial charge on any atom is 0.314 e. The lowest BCUT2D eigenvalue weighted by atomic mass is 10.3. The molecule has 7 nitrogen and oxygen atoms in total. The average Bonchev–Trinajstić information content (AvgIpc) is 2.45. The number of nitro groups is 1. The van der Waals surface area contributed by atoms with E-state index in [2.05, 4.69) is 0 Å². The molecule has 7 heteroatoms. The number of rotatable bonds is 9. The van der Waals surface area contributed by atoms with Crippen molar-refractivity contribution in [1.82, 2.24) is 0 Å². The van der Waals surface area contributed by atoms with E-state index in [4.69, 9.17) is 18.9 Å². The second-order valence-electron chi connectivity index (χ2n) is 3.74. The van der Waals surface area contributed by atoms with Crippen LogP contribution in [0, 0.1) is 10.1 Å². The van der Waals surface area contributed by atoms with Crippen LogP contribution < -0.4 is 9.47 Å². The number of nitrogens with zero attached hydrogens (tertiary/aromatic N) is 1. The molecule has 0 unspecified atom stereocenters. The molecule has 1 aromatic rings. The Hall–Kier alpha value is -1.86. The van der Waals surface area contributed by atoms with Gasteiger partial charge in [-0.2, -0.15) is 0 Å². The highest BCUT2D eigenvalue weighted by Crippen LogP contribution is 2.30. The highest BCUT2D eigenvalue weighted by Gasteiger charge is 2.17. The summed E-state index contributed by atoms with van der Waals surface area (Å²) in [5, 5.41) is 10.9. The maximum atomic E-state index is 10.9. The summed E-state index contributed by atoms with van der Waals surface area (Å²) in [6.45, 7) is 4.85. The van der Waals surface area contributed by atoms with Crippen LogP contribution in [0.1, 0.15) is 13.8 Å². The van der Waals surface area contributed by atoms with Gasteiger partial charge in [-0.15, -0.1) is 0 Å². The molecular weight excluding hydrogens is 266 g/mol. The van der Waals surface area contributed by atoms with E-state index in [0.29, 0.717) is 19.0 Å². The fourth-order valence-electron chi connectivity index (χ4n) is 1.58. The van der Waals surface area contributed by atoms with Crippen LogP contribution in [-0.4, -0.2) is 38.1 Å². The minimum Gasteiger partial charge on any atom is -0.490 e. The van der Waals surface area contributed by atoms with Crippen LogP contribution in [0.5, 0.6) is 11.5 Å². The highest BCUT2D eigenvalue weighted by atomic mass is 16.7. The zero-order valence-corrected chi connectivity index (χ0v) is 11.8. The van der Waals surface area contributed by atoms with Crippen molar-refractivity contribution in [3.63, 3.8) is 0 Å². The van der Waals surface area contributed by atoms with Gasteiger partial charge in [0.05, 0.1) is 18.1 Å². The monoisotopic (exact) mass is 285 g/mol. The number of ether oxygens (including phenoxy) is 4. The Bertz CT molecular complexity index is 431. The fraction of sp³-hybridized carbons (Fsp3) is 0.538. The highest BCUT2D eigenvalue weighted by molar-refractivity contribution is 5.50. The molecule has 0 spiro atoms. The first-order valence-corrected chi connectivity index (χ1v) is 6.30. The molecule has 0 aliphatic rings. The smallest absolute Gasteiger partial charge is 0.314 e. The molecule has 20 heavy (non-hydrogen) atoms. The van der Waals surface area contributed by atoms with Gasteiger partial charge in [0.25, 0.3) is 0 Å². The quantitative estimate of drug-likeness (QED) is 0.393. The summed E-state index contributed by atoms with van der Waals surface area (Å²) >= 11 is 0. The van der Waals surface area contributed by atoms with Crippen LogP contribution in [0.4, 0.5) is 5.69 Å². The number of hydrogen-bond donors (Lipinski definition) is 0. The topological polar surface area (TPSA) is 80.1 Å². The molecule has 0 fully saturated rings. The van der Waals surface area contributed by atoms with Crippen molar-refractivity contribution in [2.24, 2.45) is 0 Å². The molecule has 0 bridgehead atoms. The van der Waals surface area contributed by atoms with Gasteiger partial charge in [-0.3, -0.25) is 10.1 Å². The van der Waals surface area contributed by atoms with Gasteiger partial charge in [-0.25, -0.2) is 0 Å². The zero-order chi connectivity index (χ0) is 15.0. The van der Waals surface area contributed by atoms with Crippen molar-refractivity contribution >= 4 is 5.69 Å². The Kier molecular flexibility index (Phi) is 6.75. The Morgan fingerprint density at radius 2 is 1.90 bits per heavy atom. The first-order chi connectivity index (χ1) is 9.62. The van der Waals surface area contributed by atoms with Crippen LogP contribution in [0.25, 0.3) is 0 Å². The Morgan fingerprint density at radius 1 is 1.25 bits per heavy atom. The summed E-state index contributed by atoms with van der Waals surface area (Å²) in [5.74, 6) is 0.551. The molecule has 0 aliphatic heterocycles. The predicted octanol–water partition coefficient (Wildman–Crippen LogP) is 2.38. The predicted molar refractivity (Wildman–Crippen MR) is 72.2 cm³/mol. The van der Waals surface area contributed by atoms with E-state index in [0.717, 1.165) is 0 Å². The van der Waals surface area contributed by atoms with Gasteiger partial charge >= 0.3 is 5.69 Å². The Morgan fingerprint density at radius 3 is 2.40 bits per heavy atom. The normalized spacial score (nSPS) is 10.6. The first kappa shape index (κ1) is 16.2. The van der Waals surface area contributed by atoms with Crippen molar-refractivity contribution in [2.75, 3.05) is 26.9 Å². The molecule has 0 aliphatic carbocycles. The maximum absolute atomic E-state index is 10.9. The lowest BCUT2D eigenvalue weighted by Crippen LogP contribution is -2.25. The van der Waals surface area contributed by atoms with E-state index >= 15 is 0 Å². The summed E-state index contributed by atoms with van der Waals surface area (Å²) in [5.41, 5.74) is -0.144. The van der Waals surface area contributed by atoms with Crippen molar-refractivity contribution in [1.29, 1.82) is 0 Å². The number of benzene rings is 1. The molecule has 1 aromatic carbocycles. The van der Waals surface area contributed by atoms with Gasteiger partial charge in [0, 0.05) is 13.2 Å². The molecule has 0 radical (unpaired) electrons. The summed E-state index contributed by atoms with van der Waals surface area (Å²) in [4.78, 5) is 10.4. The van der Waals surface area contributed by atoms with Gasteiger partial charge in [-0.05, 0) is 26.0 Å². The lowest BCUT2D eigenvalue weighted by Gasteiger charge is -2.17. The van der Waals surface area contributed by atoms with E-state index in [-0.39, 0.29) is 18.0 Å². The van der Waals surface area contributed by atoms with Crippen molar-refractivity contribution in [3.05, 3.63) is 28.3 Å². The van der Waals surface area contributed by atoms with Crippen molar-refractivity contribution in [3.8, 4) is 11.5 Å². The third kappa shape index (κ3) is 4.67. The summed E-state index contributed by atoms with van der Waals surface area (Å²) < 4.78 is 21.0. The van der Waals surface area contributed by atoms with Gasteiger partial charge in [0.15, 0.2) is 12.0 Å². The molecule has 0 amide bonds. The average molecular weight is 285 g/mol. The SMILES string of the molecule is CCOC(COc1ccc(OC)c([N+](=O)[O-])c1)OCC. The number of hydrogen-bond acceptors (Lipinski definition) is 6. The molecule has 0 aromatic heterocycles. The van der Waals surface area contributed by atoms with E-state index in [1.165, 1.54) is 19.2 Å². The minimum atomic E-state index is -0.520. The van der Waals surface area contributed by atoms with Gasteiger partial charge in [0.2, 0.25) is 0 Å². The zero-order valence-electron chi connectivity index (χ0n) is 11.8. The van der Waals surface area contributed by atoms with Gasteiger partial charge in [0.1, 0.15) is 12.4 Å². The second kappa shape index (κ2) is 8.34. The molecule has 0 heterocycles. The fourth-order valence-corrected chi connectivity index (χ4v) is 1.58. The van der Waals surface area contributed by atoms with Crippen LogP contribution in [0.2, 0.25) is 0 Å². The summed E-state index contributed by atoms with van der Waals surface area (Å²) in [6, 6.07) is 4.40. The van der Waals surface area contributed by atoms with Crippen LogP contribution >= 0.6 is 0 Å². The molecule has 0 N–H and O–H groups in total. The van der Waals surface area contributed by atoms with Crippen LogP contribution in [0.15, 0.2) is 18.2 Å². The first-order valence-electron chi connectivity index (χ1n) is 6.30. The van der Waals surface area contributed by atoms with E-state index in [1.807, 2.05) is 13.8 Å². The Balaban J connectivity index is 2.72. The minimum absolute atomic E-state index is 0.144. The third-order valence-corrected chi connectivity index (χ3v) is 2.44. The largest absolute Gasteiger partial charge is 0.490 e. The lowest BCUT2D eigenvalue weighted by molar-refractivity contribution is -0.385. The van der Waals surface area contributed by atoms with Crippen LogP contribution in [0.3, 0.4) is 0 Å². The van der Waals surface area contributed by atoms with Gasteiger partial charge in [-0.1, -0.05) is 0 Å². The van der Waals surface area contributed by atoms with E-state index in [9.17, 15) is 10.1 Å².